The maximum Gasteiger partial charge on any atom is 0.191 e. The molecule has 1 aliphatic carbocycles. The zero-order chi connectivity index (χ0) is 17.2. The summed E-state index contributed by atoms with van der Waals surface area (Å²) in [6, 6.07) is 0.599. The third kappa shape index (κ3) is 6.98. The van der Waals surface area contributed by atoms with Gasteiger partial charge < -0.3 is 20.3 Å². The lowest BCUT2D eigenvalue weighted by atomic mass is 9.87. The smallest absolute Gasteiger partial charge is 0.191 e. The third-order valence-electron chi connectivity index (χ3n) is 5.45. The van der Waals surface area contributed by atoms with Crippen LogP contribution in [0.5, 0.6) is 0 Å². The highest BCUT2D eigenvalue weighted by Gasteiger charge is 2.21. The van der Waals surface area contributed by atoms with Gasteiger partial charge in [-0.3, -0.25) is 4.99 Å². The molecule has 2 N–H and O–H groups in total. The number of guanidine groups is 1. The molecule has 2 rings (SSSR count). The van der Waals surface area contributed by atoms with E-state index in [2.05, 4.69) is 29.4 Å². The van der Waals surface area contributed by atoms with Crippen LogP contribution in [0.4, 0.5) is 0 Å². The van der Waals surface area contributed by atoms with Crippen molar-refractivity contribution in [3.8, 4) is 0 Å². The van der Waals surface area contributed by atoms with Crippen LogP contribution in [0.25, 0.3) is 0 Å². The fourth-order valence-corrected chi connectivity index (χ4v) is 3.91. The molecule has 1 saturated heterocycles. The molecule has 5 heteroatoms. The van der Waals surface area contributed by atoms with Gasteiger partial charge in [-0.05, 0) is 57.5 Å². The van der Waals surface area contributed by atoms with Crippen LogP contribution in [0.15, 0.2) is 4.99 Å². The van der Waals surface area contributed by atoms with Gasteiger partial charge in [-0.1, -0.05) is 19.8 Å². The second-order valence-electron chi connectivity index (χ2n) is 7.61. The number of hydrogen-bond donors (Lipinski definition) is 2. The first kappa shape index (κ1) is 19.5. The standard InChI is InChI=1S/C19H38N4O/c1-4-20-19(22-18-7-5-6-16(2)14-18)21-15-17-8-10-23(11-9-17)12-13-24-3/h16-18H,4-15H2,1-3H3,(H2,20,21,22). The molecule has 2 atom stereocenters. The molecule has 2 unspecified atom stereocenters. The Bertz CT molecular complexity index is 366. The van der Waals surface area contributed by atoms with Crippen LogP contribution in [0, 0.1) is 11.8 Å². The van der Waals surface area contributed by atoms with E-state index in [0.29, 0.717) is 6.04 Å². The number of hydrogen-bond acceptors (Lipinski definition) is 3. The van der Waals surface area contributed by atoms with Gasteiger partial charge in [-0.2, -0.15) is 0 Å². The Hall–Kier alpha value is -0.810. The predicted molar refractivity (Wildman–Crippen MR) is 102 cm³/mol. The van der Waals surface area contributed by atoms with Gasteiger partial charge in [-0.15, -0.1) is 0 Å². The lowest BCUT2D eigenvalue weighted by Gasteiger charge is -2.31. The summed E-state index contributed by atoms with van der Waals surface area (Å²) in [5, 5.41) is 7.11. The molecule has 1 saturated carbocycles. The topological polar surface area (TPSA) is 48.9 Å². The zero-order valence-electron chi connectivity index (χ0n) is 16.0. The van der Waals surface area contributed by atoms with Crippen molar-refractivity contribution in [1.29, 1.82) is 0 Å². The normalized spacial score (nSPS) is 27.2. The quantitative estimate of drug-likeness (QED) is 0.553. The number of rotatable bonds is 7. The highest BCUT2D eigenvalue weighted by molar-refractivity contribution is 5.80. The van der Waals surface area contributed by atoms with Crippen LogP contribution >= 0.6 is 0 Å². The van der Waals surface area contributed by atoms with E-state index in [-0.39, 0.29) is 0 Å². The number of piperidine rings is 1. The summed E-state index contributed by atoms with van der Waals surface area (Å²) in [6.07, 6.45) is 7.81. The van der Waals surface area contributed by atoms with E-state index in [1.165, 1.54) is 51.6 Å². The number of nitrogens with one attached hydrogen (secondary N) is 2. The summed E-state index contributed by atoms with van der Waals surface area (Å²) in [5.74, 6) is 2.60. The summed E-state index contributed by atoms with van der Waals surface area (Å²) in [5.41, 5.74) is 0. The fraction of sp³-hybridized carbons (Fsp3) is 0.947. The van der Waals surface area contributed by atoms with Gasteiger partial charge in [0.15, 0.2) is 5.96 Å². The lowest BCUT2D eigenvalue weighted by Crippen LogP contribution is -2.45. The molecule has 2 fully saturated rings. The van der Waals surface area contributed by atoms with Crippen LogP contribution in [0.2, 0.25) is 0 Å². The third-order valence-corrected chi connectivity index (χ3v) is 5.45. The molecule has 0 aromatic heterocycles. The summed E-state index contributed by atoms with van der Waals surface area (Å²) in [7, 11) is 1.78. The average Bonchev–Trinajstić information content (AvgIpc) is 2.59. The van der Waals surface area contributed by atoms with Crippen molar-refractivity contribution >= 4 is 5.96 Å². The van der Waals surface area contributed by atoms with E-state index >= 15 is 0 Å². The van der Waals surface area contributed by atoms with Gasteiger partial charge >= 0.3 is 0 Å². The minimum atomic E-state index is 0.599. The van der Waals surface area contributed by atoms with Crippen molar-refractivity contribution in [2.24, 2.45) is 16.8 Å². The van der Waals surface area contributed by atoms with E-state index < -0.39 is 0 Å². The number of ether oxygens (including phenoxy) is 1. The number of nitrogens with zero attached hydrogens (tertiary/aromatic N) is 2. The van der Waals surface area contributed by atoms with E-state index in [9.17, 15) is 0 Å². The maximum absolute atomic E-state index is 5.18. The Balaban J connectivity index is 1.74. The van der Waals surface area contributed by atoms with Gasteiger partial charge in [0.25, 0.3) is 0 Å². The molecule has 1 aliphatic heterocycles. The van der Waals surface area contributed by atoms with Crippen LogP contribution in [-0.4, -0.2) is 63.3 Å². The molecule has 0 aromatic rings. The monoisotopic (exact) mass is 338 g/mol. The molecule has 0 aromatic carbocycles. The maximum atomic E-state index is 5.18. The van der Waals surface area contributed by atoms with Crippen molar-refractivity contribution < 1.29 is 4.74 Å². The molecular weight excluding hydrogens is 300 g/mol. The van der Waals surface area contributed by atoms with Gasteiger partial charge in [0.2, 0.25) is 0 Å². The van der Waals surface area contributed by atoms with Crippen LogP contribution in [-0.2, 0) is 4.74 Å². The van der Waals surface area contributed by atoms with Crippen molar-refractivity contribution in [1.82, 2.24) is 15.5 Å². The SMILES string of the molecule is CCNC(=NCC1CCN(CCOC)CC1)NC1CCCC(C)C1. The highest BCUT2D eigenvalue weighted by atomic mass is 16.5. The number of likely N-dealkylation sites (tertiary alicyclic amines) is 1. The van der Waals surface area contributed by atoms with E-state index in [0.717, 1.165) is 44.0 Å². The Kier molecular flexibility index (Phi) is 8.89. The molecule has 5 nitrogen and oxygen atoms in total. The molecule has 0 spiro atoms. The van der Waals surface area contributed by atoms with Crippen molar-refractivity contribution in [2.75, 3.05) is 46.4 Å². The van der Waals surface area contributed by atoms with E-state index in [1.54, 1.807) is 7.11 Å². The van der Waals surface area contributed by atoms with Gasteiger partial charge in [-0.25, -0.2) is 0 Å². The van der Waals surface area contributed by atoms with Crippen LogP contribution in [0.1, 0.15) is 52.4 Å². The Morgan fingerprint density at radius 2 is 2.00 bits per heavy atom. The van der Waals surface area contributed by atoms with E-state index in [1.807, 2.05) is 0 Å². The van der Waals surface area contributed by atoms with Crippen molar-refractivity contribution in [2.45, 2.75) is 58.4 Å². The average molecular weight is 339 g/mol. The molecule has 140 valence electrons. The highest BCUT2D eigenvalue weighted by Crippen LogP contribution is 2.23. The molecule has 0 amide bonds. The first-order valence-corrected chi connectivity index (χ1v) is 9.97. The Labute approximate surface area is 148 Å². The Morgan fingerprint density at radius 1 is 1.21 bits per heavy atom. The van der Waals surface area contributed by atoms with Crippen LogP contribution in [0.3, 0.4) is 0 Å². The second kappa shape index (κ2) is 10.9. The van der Waals surface area contributed by atoms with E-state index in [4.69, 9.17) is 9.73 Å². The van der Waals surface area contributed by atoms with Gasteiger partial charge in [0.05, 0.1) is 6.61 Å². The fourth-order valence-electron chi connectivity index (χ4n) is 3.91. The molecule has 24 heavy (non-hydrogen) atoms. The first-order valence-electron chi connectivity index (χ1n) is 9.97. The van der Waals surface area contributed by atoms with Gasteiger partial charge in [0, 0.05) is 32.8 Å². The lowest BCUT2D eigenvalue weighted by molar-refractivity contribution is 0.121. The van der Waals surface area contributed by atoms with Gasteiger partial charge in [0.1, 0.15) is 0 Å². The largest absolute Gasteiger partial charge is 0.383 e. The predicted octanol–water partition coefficient (Wildman–Crippen LogP) is 2.48. The minimum absolute atomic E-state index is 0.599. The minimum Gasteiger partial charge on any atom is -0.383 e. The molecule has 2 aliphatic rings. The summed E-state index contributed by atoms with van der Waals surface area (Å²) >= 11 is 0. The Morgan fingerprint density at radius 3 is 2.67 bits per heavy atom. The molecule has 0 radical (unpaired) electrons. The molecule has 1 heterocycles. The number of aliphatic imine (C=N–C) groups is 1. The first-order chi connectivity index (χ1) is 11.7. The second-order valence-corrected chi connectivity index (χ2v) is 7.61. The number of methoxy groups -OCH3 is 1. The zero-order valence-corrected chi connectivity index (χ0v) is 16.0. The van der Waals surface area contributed by atoms with Crippen molar-refractivity contribution in [3.63, 3.8) is 0 Å². The summed E-state index contributed by atoms with van der Waals surface area (Å²) in [4.78, 5) is 7.41. The molecule has 0 bridgehead atoms. The van der Waals surface area contributed by atoms with Crippen molar-refractivity contribution in [3.05, 3.63) is 0 Å². The summed E-state index contributed by atoms with van der Waals surface area (Å²) in [6.45, 7) is 10.7. The summed E-state index contributed by atoms with van der Waals surface area (Å²) < 4.78 is 5.18. The van der Waals surface area contributed by atoms with Crippen LogP contribution < -0.4 is 10.6 Å². The molecular formula is C19H38N4O.